The molecule has 2 aromatic rings. The van der Waals surface area contributed by atoms with E-state index in [-0.39, 0.29) is 6.42 Å². The van der Waals surface area contributed by atoms with Crippen LogP contribution in [0.4, 0.5) is 0 Å². The van der Waals surface area contributed by atoms with Crippen molar-refractivity contribution in [1.82, 2.24) is 9.55 Å². The molecule has 1 aromatic heterocycles. The second kappa shape index (κ2) is 4.92. The summed E-state index contributed by atoms with van der Waals surface area (Å²) in [7, 11) is 0. The Kier molecular flexibility index (Phi) is 3.33. The minimum Gasteiger partial charge on any atom is -0.481 e. The summed E-state index contributed by atoms with van der Waals surface area (Å²) in [6.07, 6.45) is 6.13. The zero-order valence-corrected chi connectivity index (χ0v) is 10.2. The number of rotatable bonds is 4. The number of terminal acetylenes is 1. The van der Waals surface area contributed by atoms with Gasteiger partial charge in [0.1, 0.15) is 12.2 Å². The molecular weight excluding hydrogens is 228 g/mol. The van der Waals surface area contributed by atoms with Gasteiger partial charge in [0.05, 0.1) is 17.6 Å². The summed E-state index contributed by atoms with van der Waals surface area (Å²) in [5.74, 6) is 2.13. The van der Waals surface area contributed by atoms with Gasteiger partial charge < -0.3 is 9.67 Å². The van der Waals surface area contributed by atoms with Crippen molar-refractivity contribution in [3.8, 4) is 12.3 Å². The van der Waals surface area contributed by atoms with Gasteiger partial charge in [0.25, 0.3) is 0 Å². The minimum absolute atomic E-state index is 0.113. The Morgan fingerprint density at radius 2 is 2.33 bits per heavy atom. The Morgan fingerprint density at radius 1 is 1.56 bits per heavy atom. The lowest BCUT2D eigenvalue weighted by Crippen LogP contribution is -2.08. The summed E-state index contributed by atoms with van der Waals surface area (Å²) >= 11 is 0. The van der Waals surface area contributed by atoms with Crippen LogP contribution in [0.2, 0.25) is 0 Å². The number of carboxylic acid groups (broad SMARTS) is 1. The van der Waals surface area contributed by atoms with Crippen LogP contribution in [0.1, 0.15) is 18.3 Å². The van der Waals surface area contributed by atoms with Gasteiger partial charge in [-0.3, -0.25) is 4.79 Å². The number of aryl methyl sites for hydroxylation is 1. The van der Waals surface area contributed by atoms with Gasteiger partial charge >= 0.3 is 5.97 Å². The lowest BCUT2D eigenvalue weighted by atomic mass is 10.1. The number of aliphatic carboxylic acids is 1. The van der Waals surface area contributed by atoms with Crippen LogP contribution in [-0.2, 0) is 24.2 Å². The molecule has 2 rings (SSSR count). The van der Waals surface area contributed by atoms with Crippen LogP contribution in [0, 0.1) is 12.3 Å². The fourth-order valence-corrected chi connectivity index (χ4v) is 1.98. The molecular formula is C14H14N2O2. The van der Waals surface area contributed by atoms with Crippen LogP contribution in [0.3, 0.4) is 0 Å². The van der Waals surface area contributed by atoms with E-state index in [1.54, 1.807) is 4.57 Å². The molecule has 0 unspecified atom stereocenters. The first-order valence-corrected chi connectivity index (χ1v) is 5.79. The Labute approximate surface area is 105 Å². The normalized spacial score (nSPS) is 10.4. The molecule has 0 aliphatic rings. The third kappa shape index (κ3) is 2.21. The van der Waals surface area contributed by atoms with E-state index in [1.807, 2.05) is 18.2 Å². The number of fused-ring (bicyclic) bond motifs is 1. The highest BCUT2D eigenvalue weighted by atomic mass is 16.4. The number of carbonyl (C=O) groups is 1. The quantitative estimate of drug-likeness (QED) is 0.832. The van der Waals surface area contributed by atoms with Crippen molar-refractivity contribution in [2.24, 2.45) is 0 Å². The molecule has 0 fully saturated rings. The van der Waals surface area contributed by atoms with Crippen LogP contribution in [0.25, 0.3) is 11.0 Å². The van der Waals surface area contributed by atoms with Crippen molar-refractivity contribution in [2.75, 3.05) is 0 Å². The molecule has 1 aromatic carbocycles. The van der Waals surface area contributed by atoms with E-state index in [9.17, 15) is 4.79 Å². The van der Waals surface area contributed by atoms with E-state index in [1.165, 1.54) is 5.56 Å². The molecule has 0 bridgehead atoms. The molecule has 1 heterocycles. The molecule has 4 nitrogen and oxygen atoms in total. The number of benzene rings is 1. The van der Waals surface area contributed by atoms with E-state index < -0.39 is 5.97 Å². The van der Waals surface area contributed by atoms with Gasteiger partial charge in [-0.25, -0.2) is 4.98 Å². The molecule has 0 aliphatic carbocycles. The average Bonchev–Trinajstić information content (AvgIpc) is 2.66. The first-order chi connectivity index (χ1) is 8.65. The maximum atomic E-state index is 10.8. The molecule has 0 atom stereocenters. The summed E-state index contributed by atoms with van der Waals surface area (Å²) in [4.78, 5) is 15.2. The summed E-state index contributed by atoms with van der Waals surface area (Å²) in [5, 5.41) is 8.88. The molecule has 1 N–H and O–H groups in total. The predicted molar refractivity (Wildman–Crippen MR) is 69.3 cm³/mol. The van der Waals surface area contributed by atoms with Gasteiger partial charge in [-0.15, -0.1) is 6.42 Å². The average molecular weight is 242 g/mol. The zero-order valence-electron chi connectivity index (χ0n) is 10.2. The van der Waals surface area contributed by atoms with Crippen molar-refractivity contribution in [3.05, 3.63) is 29.6 Å². The largest absolute Gasteiger partial charge is 0.481 e. The summed E-state index contributed by atoms with van der Waals surface area (Å²) in [6.45, 7) is 2.41. The molecule has 0 saturated heterocycles. The van der Waals surface area contributed by atoms with Gasteiger partial charge in [-0.2, -0.15) is 0 Å². The minimum atomic E-state index is -0.903. The number of imidazole rings is 1. The number of carboxylic acids is 1. The molecule has 4 heteroatoms. The lowest BCUT2D eigenvalue weighted by Gasteiger charge is -2.03. The maximum absolute atomic E-state index is 10.8. The first-order valence-electron chi connectivity index (χ1n) is 5.79. The second-order valence-corrected chi connectivity index (χ2v) is 4.07. The fourth-order valence-electron chi connectivity index (χ4n) is 1.98. The summed E-state index contributed by atoms with van der Waals surface area (Å²) < 4.78 is 1.78. The van der Waals surface area contributed by atoms with Crippen molar-refractivity contribution in [1.29, 1.82) is 0 Å². The molecule has 18 heavy (non-hydrogen) atoms. The Hall–Kier alpha value is -2.28. The van der Waals surface area contributed by atoms with Crippen LogP contribution < -0.4 is 0 Å². The van der Waals surface area contributed by atoms with Crippen molar-refractivity contribution in [2.45, 2.75) is 26.3 Å². The molecule has 0 spiro atoms. The van der Waals surface area contributed by atoms with Crippen LogP contribution in [0.5, 0.6) is 0 Å². The van der Waals surface area contributed by atoms with Gasteiger partial charge in [0.2, 0.25) is 0 Å². The highest BCUT2D eigenvalue weighted by Crippen LogP contribution is 2.18. The van der Waals surface area contributed by atoms with Crippen LogP contribution in [-0.4, -0.2) is 20.6 Å². The van der Waals surface area contributed by atoms with Gasteiger partial charge in [-0.05, 0) is 24.1 Å². The Bertz CT molecular complexity index is 635. The summed E-state index contributed by atoms with van der Waals surface area (Å²) in [5.41, 5.74) is 2.87. The van der Waals surface area contributed by atoms with E-state index >= 15 is 0 Å². The van der Waals surface area contributed by atoms with Gasteiger partial charge in [0, 0.05) is 0 Å². The first kappa shape index (κ1) is 12.2. The second-order valence-electron chi connectivity index (χ2n) is 4.07. The van der Waals surface area contributed by atoms with E-state index in [0.717, 1.165) is 17.5 Å². The Morgan fingerprint density at radius 3 is 2.94 bits per heavy atom. The standard InChI is InChI=1S/C14H14N2O2/c1-3-7-16-12-6-5-10(4-2)8-11(12)15-13(16)9-14(17)18/h1,5-6,8H,4,7,9H2,2H3,(H,17,18). The topological polar surface area (TPSA) is 55.1 Å². The highest BCUT2D eigenvalue weighted by Gasteiger charge is 2.13. The lowest BCUT2D eigenvalue weighted by molar-refractivity contribution is -0.136. The monoisotopic (exact) mass is 242 g/mol. The van der Waals surface area contributed by atoms with Crippen LogP contribution >= 0.6 is 0 Å². The van der Waals surface area contributed by atoms with Gasteiger partial charge in [0.15, 0.2) is 0 Å². The zero-order chi connectivity index (χ0) is 13.1. The van der Waals surface area contributed by atoms with Crippen LogP contribution in [0.15, 0.2) is 18.2 Å². The highest BCUT2D eigenvalue weighted by molar-refractivity contribution is 5.79. The predicted octanol–water partition coefficient (Wildman–Crippen LogP) is 1.86. The maximum Gasteiger partial charge on any atom is 0.311 e. The van der Waals surface area contributed by atoms with E-state index in [4.69, 9.17) is 11.5 Å². The summed E-state index contributed by atoms with van der Waals surface area (Å²) in [6, 6.07) is 5.94. The van der Waals surface area contributed by atoms with Crippen molar-refractivity contribution < 1.29 is 9.90 Å². The van der Waals surface area contributed by atoms with Crippen molar-refractivity contribution >= 4 is 17.0 Å². The smallest absolute Gasteiger partial charge is 0.311 e. The Balaban J connectivity index is 2.59. The SMILES string of the molecule is C#CCn1c(CC(=O)O)nc2cc(CC)ccc21. The molecule has 0 amide bonds. The van der Waals surface area contributed by atoms with E-state index in [0.29, 0.717) is 12.4 Å². The van der Waals surface area contributed by atoms with Crippen molar-refractivity contribution in [3.63, 3.8) is 0 Å². The molecule has 0 radical (unpaired) electrons. The molecule has 0 saturated carbocycles. The number of hydrogen-bond donors (Lipinski definition) is 1. The fraction of sp³-hybridized carbons (Fsp3) is 0.286. The number of nitrogens with zero attached hydrogens (tertiary/aromatic N) is 2. The molecule has 92 valence electrons. The number of aromatic nitrogens is 2. The molecule has 0 aliphatic heterocycles. The number of hydrogen-bond acceptors (Lipinski definition) is 2. The van der Waals surface area contributed by atoms with Gasteiger partial charge in [-0.1, -0.05) is 18.9 Å². The third-order valence-electron chi connectivity index (χ3n) is 2.86. The third-order valence-corrected chi connectivity index (χ3v) is 2.86. The van der Waals surface area contributed by atoms with E-state index in [2.05, 4.69) is 17.8 Å².